The number of benzene rings is 1. The third-order valence-corrected chi connectivity index (χ3v) is 3.29. The topological polar surface area (TPSA) is 23.5 Å². The average molecular weight is 253 g/mol. The van der Waals surface area contributed by atoms with Crippen LogP contribution in [0.25, 0.3) is 0 Å². The highest BCUT2D eigenvalue weighted by Crippen LogP contribution is 2.19. The summed E-state index contributed by atoms with van der Waals surface area (Å²) in [6, 6.07) is 4.97. The Bertz CT molecular complexity index is 368. The van der Waals surface area contributed by atoms with E-state index in [-0.39, 0.29) is 5.82 Å². The summed E-state index contributed by atoms with van der Waals surface area (Å²) < 4.78 is 13.4. The molecule has 0 fully saturated rings. The molecule has 0 bridgehead atoms. The van der Waals surface area contributed by atoms with Gasteiger partial charge in [-0.15, -0.1) is 0 Å². The normalized spacial score (nSPS) is 13.0. The van der Waals surface area contributed by atoms with E-state index in [1.54, 1.807) is 19.1 Å². The summed E-state index contributed by atoms with van der Waals surface area (Å²) in [5.74, 6) is -0.243. The monoisotopic (exact) mass is 253 g/mol. The Morgan fingerprint density at radius 3 is 2.56 bits per heavy atom. The molecule has 18 heavy (non-hydrogen) atoms. The highest BCUT2D eigenvalue weighted by atomic mass is 19.1. The van der Waals surface area contributed by atoms with Gasteiger partial charge >= 0.3 is 0 Å². The molecule has 3 heteroatoms. The Balaban J connectivity index is 2.53. The average Bonchev–Trinajstić information content (AvgIpc) is 2.37. The van der Waals surface area contributed by atoms with Gasteiger partial charge in [-0.25, -0.2) is 4.39 Å². The lowest BCUT2D eigenvalue weighted by Gasteiger charge is -2.21. The molecule has 0 heterocycles. The van der Waals surface area contributed by atoms with Crippen LogP contribution in [0.2, 0.25) is 0 Å². The van der Waals surface area contributed by atoms with Crippen molar-refractivity contribution in [3.8, 4) is 0 Å². The summed E-state index contributed by atoms with van der Waals surface area (Å²) >= 11 is 0. The highest BCUT2D eigenvalue weighted by molar-refractivity contribution is 5.24. The molecule has 0 aliphatic heterocycles. The molecule has 1 aromatic carbocycles. The number of halogens is 1. The van der Waals surface area contributed by atoms with Crippen LogP contribution in [0.4, 0.5) is 4.39 Å². The van der Waals surface area contributed by atoms with Crippen molar-refractivity contribution in [1.82, 2.24) is 4.90 Å². The fraction of sp³-hybridized carbons (Fsp3) is 0.600. The molecule has 0 radical (unpaired) electrons. The lowest BCUT2D eigenvalue weighted by Crippen LogP contribution is -2.26. The van der Waals surface area contributed by atoms with Crippen LogP contribution in [0.5, 0.6) is 0 Å². The van der Waals surface area contributed by atoms with Crippen LogP contribution in [0.1, 0.15) is 43.9 Å². The van der Waals surface area contributed by atoms with Crippen molar-refractivity contribution in [2.45, 2.75) is 39.7 Å². The third-order valence-electron chi connectivity index (χ3n) is 3.29. The van der Waals surface area contributed by atoms with Gasteiger partial charge in [-0.2, -0.15) is 0 Å². The zero-order valence-electron chi connectivity index (χ0n) is 11.6. The van der Waals surface area contributed by atoms with Crippen LogP contribution < -0.4 is 0 Å². The Hall–Kier alpha value is -0.930. The number of aliphatic hydroxyl groups excluding tert-OH is 1. The smallest absolute Gasteiger partial charge is 0.126 e. The quantitative estimate of drug-likeness (QED) is 0.806. The van der Waals surface area contributed by atoms with E-state index in [0.29, 0.717) is 17.5 Å². The van der Waals surface area contributed by atoms with Crippen molar-refractivity contribution < 1.29 is 9.50 Å². The molecule has 0 saturated heterocycles. The fourth-order valence-electron chi connectivity index (χ4n) is 2.03. The van der Waals surface area contributed by atoms with Gasteiger partial charge in [0.2, 0.25) is 0 Å². The molecule has 0 aliphatic rings. The first kappa shape index (κ1) is 15.1. The first-order valence-corrected chi connectivity index (χ1v) is 6.75. The van der Waals surface area contributed by atoms with Crippen molar-refractivity contribution in [2.75, 3.05) is 19.6 Å². The van der Waals surface area contributed by atoms with Crippen molar-refractivity contribution in [1.29, 1.82) is 0 Å². The highest BCUT2D eigenvalue weighted by Gasteiger charge is 2.11. The Labute approximate surface area is 109 Å². The number of aryl methyl sites for hydroxylation is 1. The second-order valence-corrected chi connectivity index (χ2v) is 4.75. The summed E-state index contributed by atoms with van der Waals surface area (Å²) in [5, 5.41) is 10.1. The summed E-state index contributed by atoms with van der Waals surface area (Å²) in [6.07, 6.45) is 1.19. The minimum Gasteiger partial charge on any atom is -0.388 e. The summed E-state index contributed by atoms with van der Waals surface area (Å²) in [4.78, 5) is 2.30. The summed E-state index contributed by atoms with van der Waals surface area (Å²) in [6.45, 7) is 8.88. The Kier molecular flexibility index (Phi) is 6.30. The maximum atomic E-state index is 13.4. The first-order chi connectivity index (χ1) is 8.58. The van der Waals surface area contributed by atoms with Crippen LogP contribution in [0.3, 0.4) is 0 Å². The van der Waals surface area contributed by atoms with Crippen molar-refractivity contribution in [3.63, 3.8) is 0 Å². The van der Waals surface area contributed by atoms with E-state index >= 15 is 0 Å². The van der Waals surface area contributed by atoms with Gasteiger partial charge in [0, 0.05) is 6.54 Å². The molecule has 1 unspecified atom stereocenters. The molecule has 102 valence electrons. The number of rotatable bonds is 7. The van der Waals surface area contributed by atoms with Crippen LogP contribution in [0.15, 0.2) is 18.2 Å². The van der Waals surface area contributed by atoms with Gasteiger partial charge in [-0.1, -0.05) is 26.0 Å². The lowest BCUT2D eigenvalue weighted by molar-refractivity contribution is 0.143. The Morgan fingerprint density at radius 2 is 2.00 bits per heavy atom. The van der Waals surface area contributed by atoms with Crippen molar-refractivity contribution in [3.05, 3.63) is 35.1 Å². The van der Waals surface area contributed by atoms with Crippen LogP contribution in [0, 0.1) is 12.7 Å². The van der Waals surface area contributed by atoms with Gasteiger partial charge in [0.15, 0.2) is 0 Å². The van der Waals surface area contributed by atoms with Crippen molar-refractivity contribution >= 4 is 0 Å². The second kappa shape index (κ2) is 7.49. The van der Waals surface area contributed by atoms with E-state index in [9.17, 15) is 9.50 Å². The SMILES string of the molecule is CCCN(CC)CCC(O)c1ccc(C)c(F)c1. The second-order valence-electron chi connectivity index (χ2n) is 4.75. The van der Waals surface area contributed by atoms with Gasteiger partial charge in [-0.3, -0.25) is 0 Å². The molecular weight excluding hydrogens is 229 g/mol. The Morgan fingerprint density at radius 1 is 1.28 bits per heavy atom. The van der Waals surface area contributed by atoms with E-state index in [1.165, 1.54) is 6.07 Å². The number of aliphatic hydroxyl groups is 1. The van der Waals surface area contributed by atoms with E-state index in [4.69, 9.17) is 0 Å². The lowest BCUT2D eigenvalue weighted by atomic mass is 10.0. The van der Waals surface area contributed by atoms with E-state index in [1.807, 2.05) is 0 Å². The maximum absolute atomic E-state index is 13.4. The van der Waals surface area contributed by atoms with E-state index in [2.05, 4.69) is 18.7 Å². The first-order valence-electron chi connectivity index (χ1n) is 6.75. The molecule has 0 amide bonds. The molecule has 1 aromatic rings. The summed E-state index contributed by atoms with van der Waals surface area (Å²) in [5.41, 5.74) is 1.29. The molecule has 1 N–H and O–H groups in total. The molecule has 0 aliphatic carbocycles. The molecule has 2 nitrogen and oxygen atoms in total. The van der Waals surface area contributed by atoms with Gasteiger partial charge in [-0.05, 0) is 50.0 Å². The molecular formula is C15H24FNO. The van der Waals surface area contributed by atoms with Crippen LogP contribution in [-0.4, -0.2) is 29.6 Å². The third kappa shape index (κ3) is 4.39. The molecule has 0 saturated carbocycles. The molecule has 1 atom stereocenters. The predicted molar refractivity (Wildman–Crippen MR) is 73.1 cm³/mol. The fourth-order valence-corrected chi connectivity index (χ4v) is 2.03. The van der Waals surface area contributed by atoms with E-state index < -0.39 is 6.10 Å². The zero-order valence-corrected chi connectivity index (χ0v) is 11.6. The minimum absolute atomic E-state index is 0.243. The van der Waals surface area contributed by atoms with Gasteiger partial charge in [0.1, 0.15) is 5.82 Å². The minimum atomic E-state index is -0.578. The molecule has 1 rings (SSSR count). The number of hydrogen-bond acceptors (Lipinski definition) is 2. The van der Waals surface area contributed by atoms with Gasteiger partial charge < -0.3 is 10.0 Å². The van der Waals surface area contributed by atoms with Crippen molar-refractivity contribution in [2.24, 2.45) is 0 Å². The zero-order chi connectivity index (χ0) is 13.5. The molecule has 0 spiro atoms. The van der Waals surface area contributed by atoms with Gasteiger partial charge in [0.25, 0.3) is 0 Å². The summed E-state index contributed by atoms with van der Waals surface area (Å²) in [7, 11) is 0. The maximum Gasteiger partial charge on any atom is 0.126 e. The molecule has 0 aromatic heterocycles. The largest absolute Gasteiger partial charge is 0.388 e. The predicted octanol–water partition coefficient (Wildman–Crippen LogP) is 3.29. The number of hydrogen-bond donors (Lipinski definition) is 1. The van der Waals surface area contributed by atoms with E-state index in [0.717, 1.165) is 26.1 Å². The standard InChI is InChI=1S/C15H24FNO/c1-4-9-17(5-2)10-8-15(18)13-7-6-12(3)14(16)11-13/h6-7,11,15,18H,4-5,8-10H2,1-3H3. The van der Waals surface area contributed by atoms with Crippen LogP contribution >= 0.6 is 0 Å². The number of nitrogens with zero attached hydrogens (tertiary/aromatic N) is 1. The van der Waals surface area contributed by atoms with Gasteiger partial charge in [0.05, 0.1) is 6.10 Å². The van der Waals surface area contributed by atoms with Crippen LogP contribution in [-0.2, 0) is 0 Å².